The molecule has 1 aliphatic carbocycles. The van der Waals surface area contributed by atoms with E-state index < -0.39 is 0 Å². The topological polar surface area (TPSA) is 49.3 Å². The normalized spacial score (nSPS) is 16.9. The summed E-state index contributed by atoms with van der Waals surface area (Å²) >= 11 is 3.32. The second-order valence-corrected chi connectivity index (χ2v) is 7.48. The standard InChI is InChI=1S/C16H21NO2S2/c1-20-16(7-3-2-4-8-16)12-17-15(19)13-10-14(21-11-13)6-5-9-18/h10-11,18H,2-4,7-9,12H2,1H3,(H,17,19). The van der Waals surface area contributed by atoms with Crippen molar-refractivity contribution in [1.82, 2.24) is 5.32 Å². The fraction of sp³-hybridized carbons (Fsp3) is 0.562. The highest BCUT2D eigenvalue weighted by molar-refractivity contribution is 8.00. The minimum absolute atomic E-state index is 0.0257. The molecule has 0 saturated heterocycles. The zero-order valence-electron chi connectivity index (χ0n) is 12.3. The second kappa shape index (κ2) is 7.88. The van der Waals surface area contributed by atoms with E-state index in [1.165, 1.54) is 43.4 Å². The number of hydrogen-bond acceptors (Lipinski definition) is 4. The SMILES string of the molecule is CSC1(CNC(=O)c2csc(C#CCO)c2)CCCCC1. The molecule has 0 radical (unpaired) electrons. The number of aliphatic hydroxyl groups excluding tert-OH is 1. The molecule has 0 bridgehead atoms. The summed E-state index contributed by atoms with van der Waals surface area (Å²) in [6.45, 7) is 0.580. The smallest absolute Gasteiger partial charge is 0.252 e. The van der Waals surface area contributed by atoms with E-state index in [0.717, 1.165) is 11.4 Å². The van der Waals surface area contributed by atoms with Gasteiger partial charge in [0.1, 0.15) is 6.61 Å². The van der Waals surface area contributed by atoms with Crippen LogP contribution in [0, 0.1) is 11.8 Å². The van der Waals surface area contributed by atoms with Crippen LogP contribution in [-0.4, -0.2) is 35.2 Å². The summed E-state index contributed by atoms with van der Waals surface area (Å²) in [5.74, 6) is 5.40. The van der Waals surface area contributed by atoms with Crippen LogP contribution in [0.5, 0.6) is 0 Å². The van der Waals surface area contributed by atoms with Crippen LogP contribution in [0.15, 0.2) is 11.4 Å². The number of amides is 1. The van der Waals surface area contributed by atoms with E-state index in [9.17, 15) is 4.79 Å². The summed E-state index contributed by atoms with van der Waals surface area (Å²) < 4.78 is 0.212. The van der Waals surface area contributed by atoms with Gasteiger partial charge in [-0.05, 0) is 25.2 Å². The minimum atomic E-state index is -0.157. The molecule has 1 amide bonds. The van der Waals surface area contributed by atoms with Crippen LogP contribution in [0.2, 0.25) is 0 Å². The fourth-order valence-corrected chi connectivity index (χ4v) is 4.31. The molecule has 0 aromatic carbocycles. The summed E-state index contributed by atoms with van der Waals surface area (Å²) in [5.41, 5.74) is 0.661. The number of hydrogen-bond donors (Lipinski definition) is 2. The van der Waals surface area contributed by atoms with Crippen LogP contribution < -0.4 is 5.32 Å². The van der Waals surface area contributed by atoms with Gasteiger partial charge in [0, 0.05) is 16.7 Å². The van der Waals surface area contributed by atoms with E-state index in [-0.39, 0.29) is 17.3 Å². The molecule has 0 spiro atoms. The van der Waals surface area contributed by atoms with E-state index >= 15 is 0 Å². The molecule has 1 heterocycles. The third-order valence-electron chi connectivity index (χ3n) is 3.92. The summed E-state index contributed by atoms with van der Waals surface area (Å²) in [4.78, 5) is 13.0. The lowest BCUT2D eigenvalue weighted by molar-refractivity contribution is 0.0947. The Labute approximate surface area is 134 Å². The molecular formula is C16H21NO2S2. The molecule has 0 atom stereocenters. The average Bonchev–Trinajstić information content (AvgIpc) is 3.00. The van der Waals surface area contributed by atoms with E-state index in [2.05, 4.69) is 23.4 Å². The van der Waals surface area contributed by atoms with Gasteiger partial charge in [0.15, 0.2) is 0 Å². The lowest BCUT2D eigenvalue weighted by Gasteiger charge is -2.35. The summed E-state index contributed by atoms with van der Waals surface area (Å²) in [6.07, 6.45) is 8.35. The molecule has 1 fully saturated rings. The van der Waals surface area contributed by atoms with Crippen molar-refractivity contribution in [2.45, 2.75) is 36.9 Å². The first-order chi connectivity index (χ1) is 10.2. The molecule has 21 heavy (non-hydrogen) atoms. The van der Waals surface area contributed by atoms with Crippen LogP contribution >= 0.6 is 23.1 Å². The Bertz CT molecular complexity index is 536. The number of carbonyl (C=O) groups is 1. The molecule has 1 saturated carbocycles. The number of carbonyl (C=O) groups excluding carboxylic acids is 1. The van der Waals surface area contributed by atoms with Gasteiger partial charge in [0.25, 0.3) is 5.91 Å². The first-order valence-corrected chi connectivity index (χ1v) is 9.31. The second-order valence-electron chi connectivity index (χ2n) is 5.29. The van der Waals surface area contributed by atoms with Gasteiger partial charge in [-0.2, -0.15) is 11.8 Å². The van der Waals surface area contributed by atoms with Crippen molar-refractivity contribution in [2.24, 2.45) is 0 Å². The molecule has 2 rings (SSSR count). The third kappa shape index (κ3) is 4.50. The molecule has 0 aliphatic heterocycles. The van der Waals surface area contributed by atoms with Crippen molar-refractivity contribution in [3.05, 3.63) is 21.9 Å². The number of thiophene rings is 1. The van der Waals surface area contributed by atoms with Gasteiger partial charge in [0.05, 0.1) is 10.4 Å². The Morgan fingerprint density at radius 2 is 2.24 bits per heavy atom. The number of aliphatic hydroxyl groups is 1. The summed E-state index contributed by atoms with van der Waals surface area (Å²) in [5, 5.41) is 13.6. The molecule has 114 valence electrons. The lowest BCUT2D eigenvalue weighted by Crippen LogP contribution is -2.41. The Hall–Kier alpha value is -0.960. The minimum Gasteiger partial charge on any atom is -0.384 e. The van der Waals surface area contributed by atoms with Crippen molar-refractivity contribution >= 4 is 29.0 Å². The predicted octanol–water partition coefficient (Wildman–Crippen LogP) is 2.89. The Morgan fingerprint density at radius 1 is 1.48 bits per heavy atom. The van der Waals surface area contributed by atoms with Gasteiger partial charge in [-0.3, -0.25) is 4.79 Å². The van der Waals surface area contributed by atoms with E-state index in [1.807, 2.05) is 17.1 Å². The Morgan fingerprint density at radius 3 is 2.90 bits per heavy atom. The maximum atomic E-state index is 12.2. The molecule has 1 aromatic rings. The van der Waals surface area contributed by atoms with Crippen LogP contribution in [0.1, 0.15) is 47.3 Å². The van der Waals surface area contributed by atoms with Gasteiger partial charge < -0.3 is 10.4 Å². The highest BCUT2D eigenvalue weighted by Crippen LogP contribution is 2.38. The molecule has 1 aliphatic rings. The van der Waals surface area contributed by atoms with Gasteiger partial charge in [0.2, 0.25) is 0 Å². The van der Waals surface area contributed by atoms with Crippen molar-refractivity contribution in [2.75, 3.05) is 19.4 Å². The number of thioether (sulfide) groups is 1. The summed E-state index contributed by atoms with van der Waals surface area (Å²) in [7, 11) is 0. The number of nitrogens with one attached hydrogen (secondary N) is 1. The van der Waals surface area contributed by atoms with E-state index in [1.54, 1.807) is 6.07 Å². The monoisotopic (exact) mass is 323 g/mol. The molecule has 2 N–H and O–H groups in total. The predicted molar refractivity (Wildman–Crippen MR) is 89.9 cm³/mol. The van der Waals surface area contributed by atoms with Crippen molar-refractivity contribution < 1.29 is 9.90 Å². The average molecular weight is 323 g/mol. The molecule has 5 heteroatoms. The first-order valence-electron chi connectivity index (χ1n) is 7.21. The quantitative estimate of drug-likeness (QED) is 0.838. The lowest BCUT2D eigenvalue weighted by atomic mass is 9.88. The van der Waals surface area contributed by atoms with Gasteiger partial charge in [-0.15, -0.1) is 11.3 Å². The maximum Gasteiger partial charge on any atom is 0.252 e. The van der Waals surface area contributed by atoms with Crippen LogP contribution in [0.3, 0.4) is 0 Å². The zero-order chi connectivity index (χ0) is 15.1. The fourth-order valence-electron chi connectivity index (χ4n) is 2.64. The highest BCUT2D eigenvalue weighted by Gasteiger charge is 2.31. The summed E-state index contributed by atoms with van der Waals surface area (Å²) in [6, 6.07) is 1.79. The molecule has 1 aromatic heterocycles. The van der Waals surface area contributed by atoms with E-state index in [4.69, 9.17) is 5.11 Å². The first kappa shape index (κ1) is 16.4. The van der Waals surface area contributed by atoms with Crippen molar-refractivity contribution in [3.8, 4) is 11.8 Å². The van der Waals surface area contributed by atoms with Crippen LogP contribution in [-0.2, 0) is 0 Å². The number of rotatable bonds is 4. The van der Waals surface area contributed by atoms with Crippen LogP contribution in [0.4, 0.5) is 0 Å². The van der Waals surface area contributed by atoms with Crippen molar-refractivity contribution in [3.63, 3.8) is 0 Å². The zero-order valence-corrected chi connectivity index (χ0v) is 13.9. The Kier molecular flexibility index (Phi) is 6.16. The van der Waals surface area contributed by atoms with Gasteiger partial charge >= 0.3 is 0 Å². The van der Waals surface area contributed by atoms with Crippen molar-refractivity contribution in [1.29, 1.82) is 0 Å². The maximum absolute atomic E-state index is 12.2. The van der Waals surface area contributed by atoms with E-state index in [0.29, 0.717) is 5.56 Å². The highest BCUT2D eigenvalue weighted by atomic mass is 32.2. The molecule has 0 unspecified atom stereocenters. The largest absolute Gasteiger partial charge is 0.384 e. The molecule has 3 nitrogen and oxygen atoms in total. The van der Waals surface area contributed by atoms with Gasteiger partial charge in [-0.25, -0.2) is 0 Å². The van der Waals surface area contributed by atoms with Crippen LogP contribution in [0.25, 0.3) is 0 Å². The third-order valence-corrected chi connectivity index (χ3v) is 6.19. The van der Waals surface area contributed by atoms with Gasteiger partial charge in [-0.1, -0.05) is 31.1 Å². The molecular weight excluding hydrogens is 302 g/mol. The Balaban J connectivity index is 1.93.